The maximum absolute atomic E-state index is 13.7. The summed E-state index contributed by atoms with van der Waals surface area (Å²) >= 11 is 1.22. The van der Waals surface area contributed by atoms with Crippen LogP contribution in [-0.4, -0.2) is 27.8 Å². The third kappa shape index (κ3) is 4.12. The maximum Gasteiger partial charge on any atom is 0.308 e. The molecule has 3 aromatic rings. The Morgan fingerprint density at radius 1 is 1.06 bits per heavy atom. The predicted octanol–water partition coefficient (Wildman–Crippen LogP) is 5.08. The molecule has 0 aliphatic carbocycles. The minimum absolute atomic E-state index is 0.0325. The van der Waals surface area contributed by atoms with Crippen molar-refractivity contribution in [1.82, 2.24) is 4.98 Å². The number of anilines is 1. The summed E-state index contributed by atoms with van der Waals surface area (Å²) in [6.07, 6.45) is 0. The summed E-state index contributed by atoms with van der Waals surface area (Å²) in [5.41, 5.74) is 3.59. The van der Waals surface area contributed by atoms with Gasteiger partial charge >= 0.3 is 5.97 Å². The Balaban J connectivity index is 1.91. The topological polar surface area (TPSA) is 96.8 Å². The summed E-state index contributed by atoms with van der Waals surface area (Å²) in [7, 11) is 0. The molecule has 1 atom stereocenters. The number of thiazole rings is 1. The van der Waals surface area contributed by atoms with Gasteiger partial charge < -0.3 is 9.84 Å². The van der Waals surface area contributed by atoms with Crippen molar-refractivity contribution >= 4 is 34.7 Å². The summed E-state index contributed by atoms with van der Waals surface area (Å²) in [5, 5.41) is 11.7. The summed E-state index contributed by atoms with van der Waals surface area (Å²) in [5.74, 6) is -1.94. The number of benzene rings is 2. The van der Waals surface area contributed by atoms with Crippen molar-refractivity contribution in [2.45, 2.75) is 40.7 Å². The fourth-order valence-corrected chi connectivity index (χ4v) is 4.95. The molecular formula is C26H24N2O5S. The lowest BCUT2D eigenvalue weighted by Crippen LogP contribution is -2.31. The van der Waals surface area contributed by atoms with Crippen LogP contribution in [0.5, 0.6) is 5.75 Å². The van der Waals surface area contributed by atoms with E-state index in [2.05, 4.69) is 4.98 Å². The number of hydrogen-bond acceptors (Lipinski definition) is 7. The summed E-state index contributed by atoms with van der Waals surface area (Å²) in [6.45, 7) is 8.71. The summed E-state index contributed by atoms with van der Waals surface area (Å²) in [4.78, 5) is 44.6. The molecule has 1 unspecified atom stereocenters. The molecule has 1 aliphatic rings. The van der Waals surface area contributed by atoms with Gasteiger partial charge in [0.15, 0.2) is 5.76 Å². The lowest BCUT2D eigenvalue weighted by molar-refractivity contribution is -0.131. The molecule has 1 N–H and O–H groups in total. The first-order valence-electron chi connectivity index (χ1n) is 10.7. The van der Waals surface area contributed by atoms with Crippen LogP contribution in [0.3, 0.4) is 0 Å². The van der Waals surface area contributed by atoms with Crippen LogP contribution in [0.1, 0.15) is 50.0 Å². The number of rotatable bonds is 5. The lowest BCUT2D eigenvalue weighted by atomic mass is 9.94. The fourth-order valence-electron chi connectivity index (χ4n) is 4.07. The van der Waals surface area contributed by atoms with Gasteiger partial charge in [-0.2, -0.15) is 0 Å². The Kier molecular flexibility index (Phi) is 6.10. The largest absolute Gasteiger partial charge is 0.503 e. The van der Waals surface area contributed by atoms with E-state index in [0.717, 1.165) is 11.1 Å². The van der Waals surface area contributed by atoms with E-state index in [9.17, 15) is 19.5 Å². The highest BCUT2D eigenvalue weighted by molar-refractivity contribution is 7.14. The number of carbonyl (C=O) groups is 3. The molecule has 4 rings (SSSR count). The van der Waals surface area contributed by atoms with Gasteiger partial charge in [-0.25, -0.2) is 4.98 Å². The molecule has 1 amide bonds. The third-order valence-corrected chi connectivity index (χ3v) is 6.84. The van der Waals surface area contributed by atoms with E-state index < -0.39 is 29.5 Å². The Morgan fingerprint density at radius 3 is 2.41 bits per heavy atom. The number of aliphatic hydroxyl groups is 1. The average molecular weight is 477 g/mol. The molecule has 174 valence electrons. The van der Waals surface area contributed by atoms with Gasteiger partial charge in [0.05, 0.1) is 27.2 Å². The van der Waals surface area contributed by atoms with Crippen molar-refractivity contribution in [2.24, 2.45) is 0 Å². The number of hydrogen-bond donors (Lipinski definition) is 1. The van der Waals surface area contributed by atoms with Crippen molar-refractivity contribution in [3.8, 4) is 5.75 Å². The first kappa shape index (κ1) is 23.4. The number of ether oxygens (including phenoxy) is 1. The standard InChI is InChI=1S/C26H24N2O5S/c1-13-9-10-19(11-14(13)2)28-22(18-7-6-8-20(12-18)33-17(5)29)21(24(31)26(28)32)23(30)25-15(3)27-16(4)34-25/h6-12,22,31H,1-5H3. The van der Waals surface area contributed by atoms with E-state index in [0.29, 0.717) is 26.8 Å². The van der Waals surface area contributed by atoms with Gasteiger partial charge in [0.2, 0.25) is 5.78 Å². The maximum atomic E-state index is 13.7. The average Bonchev–Trinajstić information content (AvgIpc) is 3.25. The Labute approximate surface area is 201 Å². The number of ketones is 1. The van der Waals surface area contributed by atoms with E-state index in [1.807, 2.05) is 26.0 Å². The summed E-state index contributed by atoms with van der Waals surface area (Å²) < 4.78 is 5.23. The quantitative estimate of drug-likeness (QED) is 0.313. The van der Waals surface area contributed by atoms with E-state index >= 15 is 0 Å². The molecule has 1 aromatic heterocycles. The van der Waals surface area contributed by atoms with Gasteiger partial charge in [-0.05, 0) is 68.7 Å². The van der Waals surface area contributed by atoms with Gasteiger partial charge in [-0.1, -0.05) is 18.2 Å². The monoisotopic (exact) mass is 476 g/mol. The van der Waals surface area contributed by atoms with E-state index in [1.54, 1.807) is 44.2 Å². The summed E-state index contributed by atoms with van der Waals surface area (Å²) in [6, 6.07) is 11.2. The van der Waals surface area contributed by atoms with Crippen LogP contribution in [-0.2, 0) is 9.59 Å². The molecule has 0 bridgehead atoms. The minimum atomic E-state index is -0.917. The predicted molar refractivity (Wildman–Crippen MR) is 129 cm³/mol. The molecule has 0 fully saturated rings. The molecule has 8 heteroatoms. The second kappa shape index (κ2) is 8.87. The van der Waals surface area contributed by atoms with Crippen LogP contribution >= 0.6 is 11.3 Å². The molecule has 0 spiro atoms. The van der Waals surface area contributed by atoms with E-state index in [1.165, 1.54) is 23.2 Å². The van der Waals surface area contributed by atoms with Crippen LogP contribution in [0, 0.1) is 27.7 Å². The zero-order valence-corrected chi connectivity index (χ0v) is 20.3. The molecule has 7 nitrogen and oxygen atoms in total. The Hall–Kier alpha value is -3.78. The Bertz CT molecular complexity index is 1370. The number of aliphatic hydroxyl groups excluding tert-OH is 1. The molecule has 34 heavy (non-hydrogen) atoms. The van der Waals surface area contributed by atoms with Gasteiger partial charge in [0.25, 0.3) is 5.91 Å². The molecule has 0 saturated heterocycles. The number of carbonyl (C=O) groups excluding carboxylic acids is 3. The van der Waals surface area contributed by atoms with Crippen LogP contribution < -0.4 is 9.64 Å². The molecule has 0 saturated carbocycles. The normalized spacial score (nSPS) is 15.7. The highest BCUT2D eigenvalue weighted by Gasteiger charge is 2.45. The number of esters is 1. The number of amides is 1. The highest BCUT2D eigenvalue weighted by atomic mass is 32.1. The Morgan fingerprint density at radius 2 is 1.79 bits per heavy atom. The number of Topliss-reactive ketones (excluding diaryl/α,β-unsaturated/α-hetero) is 1. The molecule has 2 aromatic carbocycles. The van der Waals surface area contributed by atoms with Gasteiger partial charge in [0, 0.05) is 12.6 Å². The van der Waals surface area contributed by atoms with Crippen LogP contribution in [0.25, 0.3) is 0 Å². The molecule has 0 radical (unpaired) electrons. The van der Waals surface area contributed by atoms with Crippen LogP contribution in [0.4, 0.5) is 5.69 Å². The van der Waals surface area contributed by atoms with Crippen molar-refractivity contribution in [3.63, 3.8) is 0 Å². The van der Waals surface area contributed by atoms with E-state index in [-0.39, 0.29) is 11.3 Å². The second-order valence-electron chi connectivity index (χ2n) is 8.25. The first-order chi connectivity index (χ1) is 16.1. The second-order valence-corrected chi connectivity index (χ2v) is 9.45. The third-order valence-electron chi connectivity index (χ3n) is 5.77. The van der Waals surface area contributed by atoms with Crippen LogP contribution in [0.2, 0.25) is 0 Å². The fraction of sp³-hybridized carbons (Fsp3) is 0.231. The van der Waals surface area contributed by atoms with Gasteiger partial charge in [0.1, 0.15) is 5.75 Å². The number of nitrogens with zero attached hydrogens (tertiary/aromatic N) is 2. The van der Waals surface area contributed by atoms with Crippen molar-refractivity contribution < 1.29 is 24.2 Å². The van der Waals surface area contributed by atoms with Crippen molar-refractivity contribution in [1.29, 1.82) is 0 Å². The van der Waals surface area contributed by atoms with Crippen LogP contribution in [0.15, 0.2) is 53.8 Å². The first-order valence-corrected chi connectivity index (χ1v) is 11.5. The molecular weight excluding hydrogens is 452 g/mol. The molecule has 1 aliphatic heterocycles. The number of aryl methyl sites for hydroxylation is 4. The van der Waals surface area contributed by atoms with Crippen molar-refractivity contribution in [2.75, 3.05) is 4.90 Å². The lowest BCUT2D eigenvalue weighted by Gasteiger charge is -2.27. The SMILES string of the molecule is CC(=O)Oc1cccc(C2C(C(=O)c3sc(C)nc3C)=C(O)C(=O)N2c2ccc(C)c(C)c2)c1. The number of aromatic nitrogens is 1. The van der Waals surface area contributed by atoms with Gasteiger partial charge in [-0.3, -0.25) is 19.3 Å². The minimum Gasteiger partial charge on any atom is -0.503 e. The zero-order valence-electron chi connectivity index (χ0n) is 19.5. The highest BCUT2D eigenvalue weighted by Crippen LogP contribution is 2.43. The van der Waals surface area contributed by atoms with Crippen molar-refractivity contribution in [3.05, 3.63) is 86.1 Å². The van der Waals surface area contributed by atoms with E-state index in [4.69, 9.17) is 4.74 Å². The molecule has 2 heterocycles. The zero-order chi connectivity index (χ0) is 24.7. The smallest absolute Gasteiger partial charge is 0.308 e. The van der Waals surface area contributed by atoms with Gasteiger partial charge in [-0.15, -0.1) is 11.3 Å².